The summed E-state index contributed by atoms with van der Waals surface area (Å²) in [7, 11) is 0. The van der Waals surface area contributed by atoms with E-state index in [1.54, 1.807) is 0 Å². The minimum atomic E-state index is -0.952. The summed E-state index contributed by atoms with van der Waals surface area (Å²) in [6.07, 6.45) is 0.163. The summed E-state index contributed by atoms with van der Waals surface area (Å²) in [5.74, 6) is -0.827. The average Bonchev–Trinajstić information content (AvgIpc) is 2.31. The first-order valence-corrected chi connectivity index (χ1v) is 5.01. The van der Waals surface area contributed by atoms with Gasteiger partial charge in [-0.05, 0) is 19.9 Å². The van der Waals surface area contributed by atoms with Crippen molar-refractivity contribution >= 4 is 11.8 Å². The van der Waals surface area contributed by atoms with Crippen molar-refractivity contribution < 1.29 is 14.7 Å². The van der Waals surface area contributed by atoms with Crippen LogP contribution < -0.4 is 11.1 Å². The first-order chi connectivity index (χ1) is 7.04. The van der Waals surface area contributed by atoms with Crippen LogP contribution in [0.1, 0.15) is 19.8 Å². The van der Waals surface area contributed by atoms with Gasteiger partial charge in [0.15, 0.2) is 0 Å². The van der Waals surface area contributed by atoms with Crippen molar-refractivity contribution in [3.8, 4) is 0 Å². The molecule has 2 atom stereocenters. The zero-order valence-electron chi connectivity index (χ0n) is 8.77. The predicted molar refractivity (Wildman–Crippen MR) is 53.6 cm³/mol. The Morgan fingerprint density at radius 3 is 2.87 bits per heavy atom. The van der Waals surface area contributed by atoms with Gasteiger partial charge in [-0.15, -0.1) is 0 Å². The van der Waals surface area contributed by atoms with Crippen LogP contribution in [0.4, 0.5) is 0 Å². The Labute approximate surface area is 88.4 Å². The molecule has 0 aromatic rings. The molecule has 0 saturated carbocycles. The van der Waals surface area contributed by atoms with E-state index in [-0.39, 0.29) is 12.6 Å². The van der Waals surface area contributed by atoms with Crippen molar-refractivity contribution in [3.63, 3.8) is 0 Å². The van der Waals surface area contributed by atoms with Crippen LogP contribution in [0.5, 0.6) is 0 Å². The molecule has 1 fully saturated rings. The monoisotopic (exact) mass is 215 g/mol. The zero-order valence-corrected chi connectivity index (χ0v) is 8.77. The molecule has 2 amide bonds. The Morgan fingerprint density at radius 2 is 2.33 bits per heavy atom. The maximum Gasteiger partial charge on any atom is 0.242 e. The van der Waals surface area contributed by atoms with Crippen molar-refractivity contribution in [2.75, 3.05) is 13.2 Å². The number of rotatable bonds is 3. The first-order valence-electron chi connectivity index (χ1n) is 5.01. The molecule has 1 aliphatic heterocycles. The van der Waals surface area contributed by atoms with Gasteiger partial charge >= 0.3 is 0 Å². The molecule has 1 rings (SSSR count). The molecule has 6 heteroatoms. The van der Waals surface area contributed by atoms with Gasteiger partial charge in [0.2, 0.25) is 11.8 Å². The second-order valence-electron chi connectivity index (χ2n) is 3.71. The zero-order chi connectivity index (χ0) is 11.4. The van der Waals surface area contributed by atoms with E-state index in [0.717, 1.165) is 13.0 Å². The molecular formula is C9H17N3O3. The minimum Gasteiger partial charge on any atom is -0.391 e. The molecule has 15 heavy (non-hydrogen) atoms. The molecule has 1 saturated heterocycles. The van der Waals surface area contributed by atoms with Gasteiger partial charge in [0.1, 0.15) is 6.04 Å². The Bertz CT molecular complexity index is 255. The Morgan fingerprint density at radius 1 is 1.67 bits per heavy atom. The van der Waals surface area contributed by atoms with E-state index in [0.29, 0.717) is 6.42 Å². The highest BCUT2D eigenvalue weighted by Crippen LogP contribution is 2.09. The summed E-state index contributed by atoms with van der Waals surface area (Å²) in [4.78, 5) is 24.1. The van der Waals surface area contributed by atoms with Gasteiger partial charge < -0.3 is 15.7 Å². The fraction of sp³-hybridized carbons (Fsp3) is 0.778. The van der Waals surface area contributed by atoms with Gasteiger partial charge in [-0.1, -0.05) is 0 Å². The van der Waals surface area contributed by atoms with Gasteiger partial charge in [-0.3, -0.25) is 14.9 Å². The smallest absolute Gasteiger partial charge is 0.242 e. The quantitative estimate of drug-likeness (QED) is 0.528. The van der Waals surface area contributed by atoms with Crippen LogP contribution in [0.25, 0.3) is 0 Å². The number of nitrogens with two attached hydrogens (primary N) is 1. The summed E-state index contributed by atoms with van der Waals surface area (Å²) in [6, 6.07) is -0.942. The molecule has 0 aromatic heterocycles. The fourth-order valence-electron chi connectivity index (χ4n) is 1.70. The van der Waals surface area contributed by atoms with Crippen LogP contribution in [0.15, 0.2) is 0 Å². The number of primary amides is 1. The molecule has 0 radical (unpaired) electrons. The molecule has 0 spiro atoms. The Kier molecular flexibility index (Phi) is 4.05. The average molecular weight is 215 g/mol. The molecular weight excluding hydrogens is 198 g/mol. The number of nitrogens with zero attached hydrogens (tertiary/aromatic N) is 1. The van der Waals surface area contributed by atoms with Gasteiger partial charge in [0.05, 0.1) is 12.8 Å². The minimum absolute atomic E-state index is 0.148. The summed E-state index contributed by atoms with van der Waals surface area (Å²) in [6.45, 7) is 2.44. The molecule has 0 aliphatic carbocycles. The van der Waals surface area contributed by atoms with E-state index in [4.69, 9.17) is 5.73 Å². The molecule has 2 unspecified atom stereocenters. The van der Waals surface area contributed by atoms with Crippen molar-refractivity contribution in [2.24, 2.45) is 5.73 Å². The number of amides is 2. The van der Waals surface area contributed by atoms with Crippen LogP contribution in [0.2, 0.25) is 0 Å². The van der Waals surface area contributed by atoms with E-state index >= 15 is 0 Å². The number of aliphatic hydroxyl groups is 1. The fourth-order valence-corrected chi connectivity index (χ4v) is 1.70. The van der Waals surface area contributed by atoms with Gasteiger partial charge in [-0.25, -0.2) is 0 Å². The highest BCUT2D eigenvalue weighted by atomic mass is 16.3. The number of carbonyl (C=O) groups is 2. The third kappa shape index (κ3) is 2.90. The molecule has 1 heterocycles. The number of carbonyl (C=O) groups excluding carboxylic acids is 2. The summed E-state index contributed by atoms with van der Waals surface area (Å²) in [5, 5.41) is 12.4. The van der Waals surface area contributed by atoms with E-state index in [1.807, 2.05) is 0 Å². The van der Waals surface area contributed by atoms with Crippen molar-refractivity contribution in [1.82, 2.24) is 10.2 Å². The molecule has 0 aromatic carbocycles. The summed E-state index contributed by atoms with van der Waals surface area (Å²) in [5.41, 5.74) is 5.16. The Balaban J connectivity index is 2.80. The van der Waals surface area contributed by atoms with Crippen LogP contribution in [0.3, 0.4) is 0 Å². The molecule has 6 nitrogen and oxygen atoms in total. The second kappa shape index (κ2) is 5.09. The second-order valence-corrected chi connectivity index (χ2v) is 3.71. The van der Waals surface area contributed by atoms with Crippen molar-refractivity contribution in [3.05, 3.63) is 0 Å². The Hall–Kier alpha value is -1.14. The molecule has 86 valence electrons. The largest absolute Gasteiger partial charge is 0.391 e. The normalized spacial score (nSPS) is 22.0. The lowest BCUT2D eigenvalue weighted by Gasteiger charge is -2.30. The SMILES string of the molecule is CC(O)C(C(N)=O)N1CNCCCC1=O. The van der Waals surface area contributed by atoms with E-state index < -0.39 is 18.1 Å². The van der Waals surface area contributed by atoms with E-state index in [2.05, 4.69) is 5.32 Å². The topological polar surface area (TPSA) is 95.7 Å². The molecule has 0 bridgehead atoms. The maximum atomic E-state index is 11.6. The summed E-state index contributed by atoms with van der Waals surface area (Å²) >= 11 is 0. The van der Waals surface area contributed by atoms with Crippen molar-refractivity contribution in [2.45, 2.75) is 31.9 Å². The number of nitrogens with one attached hydrogen (secondary N) is 1. The van der Waals surface area contributed by atoms with Gasteiger partial charge in [-0.2, -0.15) is 0 Å². The molecule has 1 aliphatic rings. The first kappa shape index (κ1) is 11.9. The summed E-state index contributed by atoms with van der Waals surface area (Å²) < 4.78 is 0. The van der Waals surface area contributed by atoms with Crippen LogP contribution in [-0.4, -0.2) is 47.2 Å². The third-order valence-corrected chi connectivity index (χ3v) is 2.43. The number of hydrogen-bond donors (Lipinski definition) is 3. The van der Waals surface area contributed by atoms with E-state index in [1.165, 1.54) is 11.8 Å². The van der Waals surface area contributed by atoms with Gasteiger partial charge in [0, 0.05) is 6.42 Å². The van der Waals surface area contributed by atoms with Gasteiger partial charge in [0.25, 0.3) is 0 Å². The van der Waals surface area contributed by atoms with E-state index in [9.17, 15) is 14.7 Å². The lowest BCUT2D eigenvalue weighted by molar-refractivity contribution is -0.142. The lowest BCUT2D eigenvalue weighted by atomic mass is 10.1. The van der Waals surface area contributed by atoms with Crippen LogP contribution >= 0.6 is 0 Å². The van der Waals surface area contributed by atoms with Crippen LogP contribution in [0, 0.1) is 0 Å². The predicted octanol–water partition coefficient (Wildman–Crippen LogP) is -1.61. The molecule has 4 N–H and O–H groups in total. The maximum absolute atomic E-state index is 11.6. The number of hydrogen-bond acceptors (Lipinski definition) is 4. The lowest BCUT2D eigenvalue weighted by Crippen LogP contribution is -2.55. The number of aliphatic hydroxyl groups excluding tert-OH is 1. The highest BCUT2D eigenvalue weighted by Gasteiger charge is 2.32. The van der Waals surface area contributed by atoms with Crippen molar-refractivity contribution in [1.29, 1.82) is 0 Å². The standard InChI is InChI=1S/C9H17N3O3/c1-6(13)8(9(10)15)12-5-11-4-2-3-7(12)14/h6,8,11,13H,2-5H2,1H3,(H2,10,15). The highest BCUT2D eigenvalue weighted by molar-refractivity contribution is 5.87. The third-order valence-electron chi connectivity index (χ3n) is 2.43. The van der Waals surface area contributed by atoms with Crippen LogP contribution in [-0.2, 0) is 9.59 Å².